The third kappa shape index (κ3) is 3.80. The average molecular weight is 261 g/mol. The molecular weight excluding hydrogens is 238 g/mol. The maximum Gasteiger partial charge on any atom is 0.135 e. The summed E-state index contributed by atoms with van der Waals surface area (Å²) in [5, 5.41) is 0. The van der Waals surface area contributed by atoms with Crippen LogP contribution in [0.3, 0.4) is 0 Å². The molecule has 104 valence electrons. The van der Waals surface area contributed by atoms with Crippen molar-refractivity contribution in [2.24, 2.45) is 5.73 Å². The van der Waals surface area contributed by atoms with Gasteiger partial charge in [-0.2, -0.15) is 0 Å². The summed E-state index contributed by atoms with van der Waals surface area (Å²) in [7, 11) is 0. The molecule has 1 aliphatic rings. The quantitative estimate of drug-likeness (QED) is 0.856. The number of hydrogen-bond donors (Lipinski definition) is 1. The van der Waals surface area contributed by atoms with Crippen LogP contribution in [0.2, 0.25) is 0 Å². The van der Waals surface area contributed by atoms with Crippen LogP contribution in [0.25, 0.3) is 0 Å². The van der Waals surface area contributed by atoms with Gasteiger partial charge in [0.2, 0.25) is 0 Å². The lowest BCUT2D eigenvalue weighted by molar-refractivity contribution is -0.119. The minimum Gasteiger partial charge on any atom is -0.493 e. The van der Waals surface area contributed by atoms with Crippen LogP contribution in [0.15, 0.2) is 24.3 Å². The lowest BCUT2D eigenvalue weighted by Crippen LogP contribution is -2.25. The van der Waals surface area contributed by atoms with Crippen molar-refractivity contribution in [3.63, 3.8) is 0 Å². The summed E-state index contributed by atoms with van der Waals surface area (Å²) in [6, 6.07) is 8.05. The Hall–Kier alpha value is -1.35. The van der Waals surface area contributed by atoms with Gasteiger partial charge in [-0.15, -0.1) is 0 Å². The van der Waals surface area contributed by atoms with E-state index in [2.05, 4.69) is 13.0 Å². The Kier molecular flexibility index (Phi) is 4.97. The smallest absolute Gasteiger partial charge is 0.135 e. The second-order valence-electron chi connectivity index (χ2n) is 5.37. The molecule has 2 N–H and O–H groups in total. The van der Waals surface area contributed by atoms with Crippen molar-refractivity contribution < 1.29 is 9.53 Å². The van der Waals surface area contributed by atoms with Gasteiger partial charge in [-0.05, 0) is 30.4 Å². The van der Waals surface area contributed by atoms with Gasteiger partial charge in [-0.25, -0.2) is 0 Å². The fourth-order valence-corrected chi connectivity index (χ4v) is 2.75. The minimum atomic E-state index is 0.0209. The Bertz CT molecular complexity index is 431. The highest BCUT2D eigenvalue weighted by atomic mass is 16.5. The lowest BCUT2D eigenvalue weighted by atomic mass is 9.87. The number of rotatable bonds is 6. The maximum absolute atomic E-state index is 12.1. The van der Waals surface area contributed by atoms with Gasteiger partial charge >= 0.3 is 0 Å². The van der Waals surface area contributed by atoms with Crippen molar-refractivity contribution >= 4 is 5.78 Å². The van der Waals surface area contributed by atoms with Crippen molar-refractivity contribution in [3.8, 4) is 5.75 Å². The van der Waals surface area contributed by atoms with E-state index in [4.69, 9.17) is 10.5 Å². The molecule has 0 radical (unpaired) electrons. The zero-order valence-corrected chi connectivity index (χ0v) is 11.6. The Balaban J connectivity index is 1.95. The second-order valence-corrected chi connectivity index (χ2v) is 5.37. The van der Waals surface area contributed by atoms with Crippen LogP contribution in [0.5, 0.6) is 5.75 Å². The second kappa shape index (κ2) is 6.71. The Morgan fingerprint density at radius 2 is 2.26 bits per heavy atom. The van der Waals surface area contributed by atoms with Gasteiger partial charge in [0.1, 0.15) is 11.5 Å². The third-order valence-electron chi connectivity index (χ3n) is 3.71. The summed E-state index contributed by atoms with van der Waals surface area (Å²) < 4.78 is 5.62. The van der Waals surface area contributed by atoms with E-state index in [1.807, 2.05) is 18.2 Å². The average Bonchev–Trinajstić information content (AvgIpc) is 2.39. The standard InChI is InChI=1S/C16H23NO2/c1-2-5-13(17)11-14(18)10-12-8-9-19-16-7-4-3-6-15(12)16/h3-4,6-7,12-13H,2,5,8-11,17H2,1H3. The fourth-order valence-electron chi connectivity index (χ4n) is 2.75. The number of nitrogens with two attached hydrogens (primary N) is 1. The highest BCUT2D eigenvalue weighted by Crippen LogP contribution is 2.35. The molecule has 1 aromatic carbocycles. The molecule has 0 amide bonds. The SMILES string of the molecule is CCCC(N)CC(=O)CC1CCOc2ccccc21. The Morgan fingerprint density at radius 3 is 3.05 bits per heavy atom. The molecular formula is C16H23NO2. The van der Waals surface area contributed by atoms with Crippen molar-refractivity contribution in [1.29, 1.82) is 0 Å². The van der Waals surface area contributed by atoms with E-state index in [0.717, 1.165) is 25.0 Å². The van der Waals surface area contributed by atoms with E-state index < -0.39 is 0 Å². The van der Waals surface area contributed by atoms with Crippen LogP contribution in [0, 0.1) is 0 Å². The van der Waals surface area contributed by atoms with E-state index in [9.17, 15) is 4.79 Å². The maximum atomic E-state index is 12.1. The molecule has 0 fully saturated rings. The number of fused-ring (bicyclic) bond motifs is 1. The zero-order valence-electron chi connectivity index (χ0n) is 11.6. The highest BCUT2D eigenvalue weighted by molar-refractivity contribution is 5.80. The third-order valence-corrected chi connectivity index (χ3v) is 3.71. The van der Waals surface area contributed by atoms with Gasteiger partial charge in [-0.3, -0.25) is 4.79 Å². The summed E-state index contributed by atoms with van der Waals surface area (Å²) in [6.45, 7) is 2.80. The number of carbonyl (C=O) groups is 1. The normalized spacial score (nSPS) is 19.4. The predicted octanol–water partition coefficient (Wildman–Crippen LogP) is 3.03. The molecule has 0 bridgehead atoms. The first-order valence-electron chi connectivity index (χ1n) is 7.19. The van der Waals surface area contributed by atoms with Gasteiger partial charge in [0.15, 0.2) is 0 Å². The first kappa shape index (κ1) is 14.1. The monoisotopic (exact) mass is 261 g/mol. The minimum absolute atomic E-state index is 0.0209. The molecule has 0 spiro atoms. The molecule has 3 heteroatoms. The van der Waals surface area contributed by atoms with Crippen LogP contribution >= 0.6 is 0 Å². The molecule has 0 aromatic heterocycles. The molecule has 0 saturated heterocycles. The molecule has 2 rings (SSSR count). The van der Waals surface area contributed by atoms with E-state index in [1.54, 1.807) is 0 Å². The topological polar surface area (TPSA) is 52.3 Å². The summed E-state index contributed by atoms with van der Waals surface area (Å²) in [5.74, 6) is 1.51. The van der Waals surface area contributed by atoms with E-state index >= 15 is 0 Å². The van der Waals surface area contributed by atoms with Crippen molar-refractivity contribution in [3.05, 3.63) is 29.8 Å². The molecule has 0 saturated carbocycles. The highest BCUT2D eigenvalue weighted by Gasteiger charge is 2.23. The van der Waals surface area contributed by atoms with Gasteiger partial charge < -0.3 is 10.5 Å². The molecule has 0 aliphatic carbocycles. The number of benzene rings is 1. The number of carbonyl (C=O) groups excluding carboxylic acids is 1. The molecule has 2 atom stereocenters. The Labute approximate surface area is 115 Å². The summed E-state index contributed by atoms with van der Waals surface area (Å²) in [4.78, 5) is 12.1. The molecule has 1 heterocycles. The number of Topliss-reactive ketones (excluding diaryl/α,β-unsaturated/α-hetero) is 1. The number of para-hydroxylation sites is 1. The first-order chi connectivity index (χ1) is 9.20. The molecule has 1 aromatic rings. The summed E-state index contributed by atoms with van der Waals surface area (Å²) >= 11 is 0. The number of ketones is 1. The molecule has 19 heavy (non-hydrogen) atoms. The van der Waals surface area contributed by atoms with Crippen LogP contribution in [-0.4, -0.2) is 18.4 Å². The van der Waals surface area contributed by atoms with Crippen molar-refractivity contribution in [2.75, 3.05) is 6.61 Å². The van der Waals surface area contributed by atoms with Crippen LogP contribution in [0.4, 0.5) is 0 Å². The van der Waals surface area contributed by atoms with Gasteiger partial charge in [0.05, 0.1) is 6.61 Å². The predicted molar refractivity (Wildman–Crippen MR) is 76.4 cm³/mol. The van der Waals surface area contributed by atoms with E-state index in [-0.39, 0.29) is 11.8 Å². The molecule has 1 aliphatic heterocycles. The van der Waals surface area contributed by atoms with Crippen LogP contribution < -0.4 is 10.5 Å². The largest absolute Gasteiger partial charge is 0.493 e. The van der Waals surface area contributed by atoms with Gasteiger partial charge in [-0.1, -0.05) is 31.5 Å². The first-order valence-corrected chi connectivity index (χ1v) is 7.19. The van der Waals surface area contributed by atoms with E-state index in [0.29, 0.717) is 25.4 Å². The lowest BCUT2D eigenvalue weighted by Gasteiger charge is -2.25. The molecule has 2 unspecified atom stereocenters. The van der Waals surface area contributed by atoms with Crippen molar-refractivity contribution in [2.45, 2.75) is 51.0 Å². The summed E-state index contributed by atoms with van der Waals surface area (Å²) in [5.41, 5.74) is 7.11. The van der Waals surface area contributed by atoms with Crippen LogP contribution in [-0.2, 0) is 4.79 Å². The van der Waals surface area contributed by atoms with Crippen molar-refractivity contribution in [1.82, 2.24) is 0 Å². The number of ether oxygens (including phenoxy) is 1. The number of hydrogen-bond acceptors (Lipinski definition) is 3. The summed E-state index contributed by atoms with van der Waals surface area (Å²) in [6.07, 6.45) is 3.99. The zero-order chi connectivity index (χ0) is 13.7. The van der Waals surface area contributed by atoms with Crippen LogP contribution in [0.1, 0.15) is 50.5 Å². The fraction of sp³-hybridized carbons (Fsp3) is 0.562. The van der Waals surface area contributed by atoms with Gasteiger partial charge in [0, 0.05) is 18.9 Å². The van der Waals surface area contributed by atoms with Gasteiger partial charge in [0.25, 0.3) is 0 Å². The molecule has 3 nitrogen and oxygen atoms in total. The Morgan fingerprint density at radius 1 is 1.47 bits per heavy atom. The van der Waals surface area contributed by atoms with E-state index in [1.165, 1.54) is 5.56 Å².